The lowest BCUT2D eigenvalue weighted by Gasteiger charge is -2.10. The van der Waals surface area contributed by atoms with Crippen LogP contribution in [0.5, 0.6) is 0 Å². The van der Waals surface area contributed by atoms with Crippen LogP contribution in [0.15, 0.2) is 18.2 Å². The van der Waals surface area contributed by atoms with Crippen LogP contribution in [-0.4, -0.2) is 5.33 Å². The number of halogens is 4. The molecule has 1 aromatic rings. The first-order chi connectivity index (χ1) is 6.66. The molecule has 1 aromatic carbocycles. The van der Waals surface area contributed by atoms with Gasteiger partial charge >= 0.3 is 0 Å². The summed E-state index contributed by atoms with van der Waals surface area (Å²) in [5.74, 6) is 0. The summed E-state index contributed by atoms with van der Waals surface area (Å²) < 4.78 is 26.2. The van der Waals surface area contributed by atoms with Crippen LogP contribution in [0.1, 0.15) is 24.0 Å². The second kappa shape index (κ2) is 6.00. The summed E-state index contributed by atoms with van der Waals surface area (Å²) in [6, 6.07) is 5.06. The predicted molar refractivity (Wildman–Crippen MR) is 66.2 cm³/mol. The maximum atomic E-state index is 12.6. The summed E-state index contributed by atoms with van der Waals surface area (Å²) in [5.41, 5.74) is 0.973. The standard InChI is InChI=1S/C10H10BrF2I/c11-6-2-4-7-8(10(12)13)3-1-5-9(7)14/h1,3,5,10H,2,4,6H2. The molecule has 0 saturated carbocycles. The van der Waals surface area contributed by atoms with Crippen LogP contribution in [0, 0.1) is 3.57 Å². The molecule has 0 amide bonds. The lowest BCUT2D eigenvalue weighted by Crippen LogP contribution is -1.98. The summed E-state index contributed by atoms with van der Waals surface area (Å²) in [7, 11) is 0. The highest BCUT2D eigenvalue weighted by molar-refractivity contribution is 14.1. The van der Waals surface area contributed by atoms with E-state index in [4.69, 9.17) is 0 Å². The largest absolute Gasteiger partial charge is 0.264 e. The van der Waals surface area contributed by atoms with Gasteiger partial charge in [-0.05, 0) is 47.1 Å². The fraction of sp³-hybridized carbons (Fsp3) is 0.400. The van der Waals surface area contributed by atoms with Crippen LogP contribution in [0.4, 0.5) is 8.78 Å². The Balaban J connectivity index is 2.96. The topological polar surface area (TPSA) is 0 Å². The Kier molecular flexibility index (Phi) is 5.30. The normalized spacial score (nSPS) is 10.9. The minimum atomic E-state index is -2.37. The molecule has 4 heteroatoms. The smallest absolute Gasteiger partial charge is 0.205 e. The van der Waals surface area contributed by atoms with E-state index < -0.39 is 6.43 Å². The highest BCUT2D eigenvalue weighted by Crippen LogP contribution is 2.27. The van der Waals surface area contributed by atoms with Crippen LogP contribution >= 0.6 is 38.5 Å². The molecule has 0 saturated heterocycles. The van der Waals surface area contributed by atoms with Crippen molar-refractivity contribution in [1.29, 1.82) is 0 Å². The van der Waals surface area contributed by atoms with Gasteiger partial charge in [0.1, 0.15) is 0 Å². The highest BCUT2D eigenvalue weighted by Gasteiger charge is 2.14. The molecule has 0 fully saturated rings. The van der Waals surface area contributed by atoms with Gasteiger partial charge in [-0.2, -0.15) is 0 Å². The van der Waals surface area contributed by atoms with Crippen LogP contribution in [0.3, 0.4) is 0 Å². The van der Waals surface area contributed by atoms with Crippen molar-refractivity contribution in [2.24, 2.45) is 0 Å². The van der Waals surface area contributed by atoms with Crippen molar-refractivity contribution in [3.8, 4) is 0 Å². The first kappa shape index (κ1) is 12.4. The maximum absolute atomic E-state index is 12.6. The van der Waals surface area contributed by atoms with Crippen molar-refractivity contribution in [3.05, 3.63) is 32.9 Å². The van der Waals surface area contributed by atoms with Crippen LogP contribution in [0.25, 0.3) is 0 Å². The van der Waals surface area contributed by atoms with Gasteiger partial charge in [0.25, 0.3) is 6.43 Å². The van der Waals surface area contributed by atoms with Gasteiger partial charge < -0.3 is 0 Å². The van der Waals surface area contributed by atoms with Gasteiger partial charge in [0.15, 0.2) is 0 Å². The molecule has 0 bridgehead atoms. The van der Waals surface area contributed by atoms with E-state index in [0.717, 1.165) is 20.9 Å². The molecular formula is C10H10BrF2I. The minimum absolute atomic E-state index is 0.179. The highest BCUT2D eigenvalue weighted by atomic mass is 127. The van der Waals surface area contributed by atoms with Crippen LogP contribution in [-0.2, 0) is 6.42 Å². The SMILES string of the molecule is FC(F)c1cccc(I)c1CCCBr. The van der Waals surface area contributed by atoms with Gasteiger partial charge in [-0.25, -0.2) is 8.78 Å². The zero-order chi connectivity index (χ0) is 10.6. The quantitative estimate of drug-likeness (QED) is 0.535. The number of alkyl halides is 3. The van der Waals surface area contributed by atoms with E-state index in [9.17, 15) is 8.78 Å². The zero-order valence-corrected chi connectivity index (χ0v) is 11.2. The summed E-state index contributed by atoms with van der Waals surface area (Å²) in [5, 5.41) is 0.848. The Morgan fingerprint density at radius 3 is 2.64 bits per heavy atom. The third-order valence-corrected chi connectivity index (χ3v) is 3.52. The van der Waals surface area contributed by atoms with Crippen molar-refractivity contribution in [3.63, 3.8) is 0 Å². The van der Waals surface area contributed by atoms with Crippen molar-refractivity contribution in [2.75, 3.05) is 5.33 Å². The molecule has 14 heavy (non-hydrogen) atoms. The Bertz CT molecular complexity index is 302. The second-order valence-corrected chi connectivity index (χ2v) is 4.86. The summed E-state index contributed by atoms with van der Waals surface area (Å²) in [4.78, 5) is 0. The second-order valence-electron chi connectivity index (χ2n) is 2.90. The van der Waals surface area contributed by atoms with Crippen molar-refractivity contribution < 1.29 is 8.78 Å². The molecule has 0 heterocycles. The summed E-state index contributed by atoms with van der Waals surface area (Å²) in [6.07, 6.45) is -0.765. The molecule has 0 atom stereocenters. The number of rotatable bonds is 4. The Hall–Kier alpha value is 0.290. The Morgan fingerprint density at radius 1 is 1.36 bits per heavy atom. The fourth-order valence-electron chi connectivity index (χ4n) is 1.29. The van der Waals surface area contributed by atoms with E-state index in [1.807, 2.05) is 6.07 Å². The monoisotopic (exact) mass is 374 g/mol. The van der Waals surface area contributed by atoms with E-state index in [-0.39, 0.29) is 5.56 Å². The zero-order valence-electron chi connectivity index (χ0n) is 7.44. The lowest BCUT2D eigenvalue weighted by atomic mass is 10.0. The predicted octanol–water partition coefficient (Wildman–Crippen LogP) is 4.56. The molecule has 1 rings (SSSR count). The molecule has 0 aromatic heterocycles. The van der Waals surface area contributed by atoms with Crippen molar-refractivity contribution >= 4 is 38.5 Å². The molecule has 0 aliphatic rings. The molecule has 0 aliphatic heterocycles. The third-order valence-electron chi connectivity index (χ3n) is 1.95. The molecule has 0 aliphatic carbocycles. The Labute approximate surface area is 104 Å². The average Bonchev–Trinajstić information content (AvgIpc) is 2.15. The molecule has 0 unspecified atom stereocenters. The van der Waals surface area contributed by atoms with Gasteiger partial charge in [0, 0.05) is 14.5 Å². The van der Waals surface area contributed by atoms with Crippen LogP contribution < -0.4 is 0 Å². The van der Waals surface area contributed by atoms with Crippen LogP contribution in [0.2, 0.25) is 0 Å². The lowest BCUT2D eigenvalue weighted by molar-refractivity contribution is 0.150. The number of benzene rings is 1. The average molecular weight is 375 g/mol. The number of hydrogen-bond donors (Lipinski definition) is 0. The fourth-order valence-corrected chi connectivity index (χ4v) is 2.36. The van der Waals surface area contributed by atoms with Gasteiger partial charge in [-0.3, -0.25) is 0 Å². The van der Waals surface area contributed by atoms with Crippen molar-refractivity contribution in [1.82, 2.24) is 0 Å². The van der Waals surface area contributed by atoms with E-state index in [0.29, 0.717) is 6.42 Å². The van der Waals surface area contributed by atoms with Gasteiger partial charge in [-0.15, -0.1) is 0 Å². The Morgan fingerprint density at radius 2 is 2.07 bits per heavy atom. The van der Waals surface area contributed by atoms with E-state index >= 15 is 0 Å². The van der Waals surface area contributed by atoms with Gasteiger partial charge in [0.2, 0.25) is 0 Å². The third kappa shape index (κ3) is 3.15. The van der Waals surface area contributed by atoms with E-state index in [2.05, 4.69) is 38.5 Å². The summed E-state index contributed by atoms with van der Waals surface area (Å²) >= 11 is 5.41. The molecule has 0 spiro atoms. The molecule has 0 radical (unpaired) electrons. The molecule has 78 valence electrons. The van der Waals surface area contributed by atoms with Gasteiger partial charge in [-0.1, -0.05) is 28.1 Å². The van der Waals surface area contributed by atoms with Gasteiger partial charge in [0.05, 0.1) is 0 Å². The maximum Gasteiger partial charge on any atom is 0.264 e. The van der Waals surface area contributed by atoms with Crippen molar-refractivity contribution in [2.45, 2.75) is 19.3 Å². The van der Waals surface area contributed by atoms with E-state index in [1.165, 1.54) is 6.07 Å². The number of hydrogen-bond acceptors (Lipinski definition) is 0. The molecule has 0 nitrogen and oxygen atoms in total. The summed E-state index contributed by atoms with van der Waals surface area (Å²) in [6.45, 7) is 0. The molecule has 0 N–H and O–H groups in total. The first-order valence-corrected chi connectivity index (χ1v) is 6.48. The molecular weight excluding hydrogens is 365 g/mol. The van der Waals surface area contributed by atoms with E-state index in [1.54, 1.807) is 6.07 Å². The first-order valence-electron chi connectivity index (χ1n) is 4.28. The minimum Gasteiger partial charge on any atom is -0.205 e.